The van der Waals surface area contributed by atoms with Crippen LogP contribution in [0.1, 0.15) is 17.3 Å². The Morgan fingerprint density at radius 3 is 1.36 bits per heavy atom. The number of Topliss-reactive ketones (excluding diaryl/α,β-unsaturated/α-hetero) is 1. The van der Waals surface area contributed by atoms with Gasteiger partial charge in [-0.15, -0.1) is 0 Å². The summed E-state index contributed by atoms with van der Waals surface area (Å²) in [5.41, 5.74) is -0.505. The highest BCUT2D eigenvalue weighted by molar-refractivity contribution is 7.97. The van der Waals surface area contributed by atoms with Gasteiger partial charge in [-0.1, -0.05) is 84.9 Å². The smallest absolute Gasteiger partial charge is 0.356 e. The largest absolute Gasteiger partial charge is 0.463 e. The molecule has 0 spiro atoms. The molecule has 4 aromatic rings. The van der Waals surface area contributed by atoms with E-state index >= 15 is 0 Å². The van der Waals surface area contributed by atoms with Crippen LogP contribution in [-0.4, -0.2) is 24.0 Å². The molecule has 0 amide bonds. The number of carbonyl (C=O) groups excluding carboxylic acids is 2. The topological polar surface area (TPSA) is 43.4 Å². The highest BCUT2D eigenvalue weighted by Gasteiger charge is 2.60. The van der Waals surface area contributed by atoms with Crippen molar-refractivity contribution >= 4 is 34.9 Å². The van der Waals surface area contributed by atoms with Crippen LogP contribution in [0.4, 0.5) is 0 Å². The van der Waals surface area contributed by atoms with Crippen molar-refractivity contribution in [1.29, 1.82) is 0 Å². The zero-order chi connectivity index (χ0) is 23.1. The molecule has 0 radical (unpaired) electrons. The van der Waals surface area contributed by atoms with E-state index in [1.807, 2.05) is 109 Å². The molecule has 0 aliphatic carbocycles. The number of ketones is 1. The van der Waals surface area contributed by atoms with Crippen molar-refractivity contribution in [2.75, 3.05) is 6.61 Å². The van der Waals surface area contributed by atoms with Crippen LogP contribution in [0.2, 0.25) is 0 Å². The number of carbonyl (C=O) groups is 2. The summed E-state index contributed by atoms with van der Waals surface area (Å²) in [7, 11) is -2.79. The zero-order valence-electron chi connectivity index (χ0n) is 18.5. The maximum Gasteiger partial charge on any atom is 0.356 e. The van der Waals surface area contributed by atoms with E-state index in [1.165, 1.54) is 0 Å². The van der Waals surface area contributed by atoms with E-state index in [0.717, 1.165) is 15.9 Å². The second-order valence-electron chi connectivity index (χ2n) is 7.61. The lowest BCUT2D eigenvalue weighted by Gasteiger charge is -2.32. The maximum atomic E-state index is 14.2. The summed E-state index contributed by atoms with van der Waals surface area (Å²) in [6.07, 6.45) is 0. The summed E-state index contributed by atoms with van der Waals surface area (Å²) in [6, 6.07) is 38.8. The van der Waals surface area contributed by atoms with Crippen molar-refractivity contribution in [3.05, 3.63) is 127 Å². The molecule has 0 saturated carbocycles. The lowest BCUT2D eigenvalue weighted by Crippen LogP contribution is -2.47. The van der Waals surface area contributed by atoms with Crippen LogP contribution >= 0.6 is 7.26 Å². The monoisotopic (exact) mass is 453 g/mol. The van der Waals surface area contributed by atoms with Crippen LogP contribution < -0.4 is 15.9 Å². The van der Waals surface area contributed by atoms with Gasteiger partial charge in [0.15, 0.2) is 0 Å². The molecule has 0 aliphatic rings. The lowest BCUT2D eigenvalue weighted by molar-refractivity contribution is -0.141. The predicted molar refractivity (Wildman–Crippen MR) is 136 cm³/mol. The first-order valence-corrected chi connectivity index (χ1v) is 12.9. The molecule has 1 atom stereocenters. The molecular formula is C29H26O3P+. The molecular weight excluding hydrogens is 427 g/mol. The average molecular weight is 453 g/mol. The van der Waals surface area contributed by atoms with Gasteiger partial charge in [-0.3, -0.25) is 4.79 Å². The van der Waals surface area contributed by atoms with E-state index in [4.69, 9.17) is 4.74 Å². The van der Waals surface area contributed by atoms with Gasteiger partial charge in [-0.05, 0) is 43.3 Å². The molecule has 0 aliphatic heterocycles. The van der Waals surface area contributed by atoms with Gasteiger partial charge in [0.25, 0.3) is 0 Å². The Bertz CT molecular complexity index is 1100. The van der Waals surface area contributed by atoms with Gasteiger partial charge < -0.3 is 4.74 Å². The molecule has 0 saturated heterocycles. The first-order chi connectivity index (χ1) is 16.2. The third-order valence-corrected chi connectivity index (χ3v) is 10.3. The highest BCUT2D eigenvalue weighted by Crippen LogP contribution is 2.60. The van der Waals surface area contributed by atoms with Gasteiger partial charge in [-0.2, -0.15) is 0 Å². The third-order valence-electron chi connectivity index (χ3n) is 5.69. The standard InChI is InChI=1S/C29H26O3P/c1-2-32-29(31)28(27(30)23-15-7-3-8-16-23)33(24-17-9-4-10-18-24,25-19-11-5-12-20-25)26-21-13-6-14-22-26/h3-22,28H,2H2,1H3/q+1. The minimum atomic E-state index is -2.79. The zero-order valence-corrected chi connectivity index (χ0v) is 19.4. The molecule has 3 nitrogen and oxygen atoms in total. The summed E-state index contributed by atoms with van der Waals surface area (Å²) in [5, 5.41) is 2.89. The van der Waals surface area contributed by atoms with Crippen LogP contribution in [-0.2, 0) is 9.53 Å². The number of rotatable bonds is 8. The first-order valence-electron chi connectivity index (χ1n) is 11.0. The second-order valence-corrected chi connectivity index (χ2v) is 11.1. The summed E-state index contributed by atoms with van der Waals surface area (Å²) in [6.45, 7) is 1.98. The van der Waals surface area contributed by atoms with Gasteiger partial charge in [0.2, 0.25) is 11.4 Å². The van der Waals surface area contributed by atoms with Crippen molar-refractivity contribution < 1.29 is 14.3 Å². The van der Waals surface area contributed by atoms with E-state index in [0.29, 0.717) is 5.56 Å². The molecule has 1 unspecified atom stereocenters. The van der Waals surface area contributed by atoms with Crippen molar-refractivity contribution in [1.82, 2.24) is 0 Å². The van der Waals surface area contributed by atoms with Crippen LogP contribution in [0.5, 0.6) is 0 Å². The number of ether oxygens (including phenoxy) is 1. The summed E-state index contributed by atoms with van der Waals surface area (Å²) in [5.74, 6) is -0.713. The normalized spacial score (nSPS) is 12.0. The maximum absolute atomic E-state index is 14.2. The molecule has 0 bridgehead atoms. The Labute approximate surface area is 195 Å². The molecule has 4 rings (SSSR count). The Kier molecular flexibility index (Phi) is 7.12. The fourth-order valence-electron chi connectivity index (χ4n) is 4.31. The molecule has 164 valence electrons. The fraction of sp³-hybridized carbons (Fsp3) is 0.103. The second kappa shape index (κ2) is 10.4. The molecule has 0 fully saturated rings. The molecule has 4 aromatic carbocycles. The average Bonchev–Trinajstić information content (AvgIpc) is 2.89. The van der Waals surface area contributed by atoms with E-state index in [2.05, 4.69) is 0 Å². The van der Waals surface area contributed by atoms with E-state index in [9.17, 15) is 9.59 Å². The van der Waals surface area contributed by atoms with Gasteiger partial charge in [0, 0.05) is 5.56 Å². The Balaban J connectivity index is 2.10. The minimum absolute atomic E-state index is 0.204. The van der Waals surface area contributed by atoms with Crippen molar-refractivity contribution in [2.45, 2.75) is 12.6 Å². The third kappa shape index (κ3) is 4.37. The summed E-state index contributed by atoms with van der Waals surface area (Å²) < 4.78 is 5.59. The van der Waals surface area contributed by atoms with Gasteiger partial charge in [-0.25, -0.2) is 4.79 Å². The molecule has 33 heavy (non-hydrogen) atoms. The minimum Gasteiger partial charge on any atom is -0.463 e. The summed E-state index contributed by atoms with van der Waals surface area (Å²) in [4.78, 5) is 27.9. The molecule has 4 heteroatoms. The van der Waals surface area contributed by atoms with Crippen LogP contribution in [0.15, 0.2) is 121 Å². The van der Waals surface area contributed by atoms with Gasteiger partial charge >= 0.3 is 5.97 Å². The number of esters is 1. The predicted octanol–water partition coefficient (Wildman–Crippen LogP) is 4.80. The Morgan fingerprint density at radius 2 is 1.00 bits per heavy atom. The SMILES string of the molecule is CCOC(=O)C(C(=O)c1ccccc1)[P+](c1ccccc1)(c1ccccc1)c1ccccc1. The van der Waals surface area contributed by atoms with E-state index < -0.39 is 18.9 Å². The van der Waals surface area contributed by atoms with Crippen molar-refractivity contribution in [3.8, 4) is 0 Å². The first kappa shape index (κ1) is 22.6. The van der Waals surface area contributed by atoms with Crippen LogP contribution in [0.3, 0.4) is 0 Å². The van der Waals surface area contributed by atoms with Crippen LogP contribution in [0, 0.1) is 0 Å². The number of benzene rings is 4. The van der Waals surface area contributed by atoms with Crippen molar-refractivity contribution in [2.24, 2.45) is 0 Å². The van der Waals surface area contributed by atoms with E-state index in [-0.39, 0.29) is 12.4 Å². The van der Waals surface area contributed by atoms with Crippen LogP contribution in [0.25, 0.3) is 0 Å². The fourth-order valence-corrected chi connectivity index (χ4v) is 8.91. The molecule has 0 N–H and O–H groups in total. The lowest BCUT2D eigenvalue weighted by atomic mass is 10.1. The number of hydrogen-bond donors (Lipinski definition) is 0. The highest BCUT2D eigenvalue weighted by atomic mass is 31.2. The quantitative estimate of drug-likeness (QED) is 0.167. The Morgan fingerprint density at radius 1 is 0.636 bits per heavy atom. The molecule has 0 aromatic heterocycles. The van der Waals surface area contributed by atoms with Gasteiger partial charge in [0.05, 0.1) is 6.61 Å². The summed E-state index contributed by atoms with van der Waals surface area (Å²) >= 11 is 0. The van der Waals surface area contributed by atoms with Crippen molar-refractivity contribution in [3.63, 3.8) is 0 Å². The Hall–Kier alpha value is -3.55. The van der Waals surface area contributed by atoms with E-state index in [1.54, 1.807) is 19.1 Å². The van der Waals surface area contributed by atoms with Gasteiger partial charge in [0.1, 0.15) is 23.2 Å². The number of hydrogen-bond acceptors (Lipinski definition) is 3. The molecule has 0 heterocycles.